The van der Waals surface area contributed by atoms with Gasteiger partial charge in [0.1, 0.15) is 11.4 Å². The molecule has 4 rings (SSSR count). The van der Waals surface area contributed by atoms with Gasteiger partial charge in [0.25, 0.3) is 0 Å². The van der Waals surface area contributed by atoms with Gasteiger partial charge >= 0.3 is 16.1 Å². The third kappa shape index (κ3) is 7.94. The largest absolute Gasteiger partial charge is 0.482 e. The molecule has 0 N–H and O–H groups in total. The molecule has 0 atom stereocenters. The number of hydrogen-bond donors (Lipinski definition) is 0. The zero-order chi connectivity index (χ0) is 36.5. The first-order valence-electron chi connectivity index (χ1n) is 14.6. The highest BCUT2D eigenvalue weighted by Gasteiger charge is 2.43. The fraction of sp³-hybridized carbons (Fsp3) is 0.265. The maximum absolute atomic E-state index is 15.0. The molecule has 4 aromatic rings. The van der Waals surface area contributed by atoms with Crippen LogP contribution in [0.25, 0.3) is 0 Å². The van der Waals surface area contributed by atoms with Crippen molar-refractivity contribution in [3.05, 3.63) is 102 Å². The number of nitrogens with zero attached hydrogens (tertiary/aromatic N) is 2. The van der Waals surface area contributed by atoms with Crippen LogP contribution in [0.15, 0.2) is 92.4 Å². The monoisotopic (exact) mass is 726 g/mol. The van der Waals surface area contributed by atoms with Crippen molar-refractivity contribution < 1.29 is 48.3 Å². The highest BCUT2D eigenvalue weighted by Crippen LogP contribution is 2.70. The minimum atomic E-state index is -5.76. The SMILES string of the molecule is CN(C)c1ccc(S(OS(=O)(=O)c2c(F)c(F)c(F)c(F)c2F)(c2ccc(OCC(=O)OC(C)(C)C)cc2)c2ccc(N(C)C)cc2)cc1. The fourth-order valence-corrected chi connectivity index (χ4v) is 9.89. The maximum Gasteiger partial charge on any atom is 0.344 e. The lowest BCUT2D eigenvalue weighted by atomic mass is 10.2. The molecule has 0 amide bonds. The van der Waals surface area contributed by atoms with Crippen LogP contribution in [-0.2, 0) is 23.3 Å². The Balaban J connectivity index is 1.98. The summed E-state index contributed by atoms with van der Waals surface area (Å²) in [5.74, 6) is -13.0. The number of ether oxygens (including phenoxy) is 2. The predicted molar refractivity (Wildman–Crippen MR) is 176 cm³/mol. The Morgan fingerprint density at radius 2 is 1.00 bits per heavy atom. The van der Waals surface area contributed by atoms with Crippen LogP contribution in [0.3, 0.4) is 0 Å². The maximum atomic E-state index is 15.0. The van der Waals surface area contributed by atoms with E-state index in [9.17, 15) is 26.4 Å². The molecule has 8 nitrogen and oxygen atoms in total. The summed E-state index contributed by atoms with van der Waals surface area (Å²) in [6, 6.07) is 18.5. The van der Waals surface area contributed by atoms with Crippen LogP contribution in [-0.4, -0.2) is 54.8 Å². The first-order valence-corrected chi connectivity index (χ1v) is 17.6. The number of carbonyl (C=O) groups is 1. The fourth-order valence-electron chi connectivity index (χ4n) is 4.61. The normalized spacial score (nSPS) is 12.4. The molecule has 15 heteroatoms. The molecule has 0 saturated carbocycles. The first kappa shape index (κ1) is 37.5. The van der Waals surface area contributed by atoms with Crippen molar-refractivity contribution in [1.29, 1.82) is 0 Å². The van der Waals surface area contributed by atoms with Gasteiger partial charge in [0, 0.05) is 54.3 Å². The summed E-state index contributed by atoms with van der Waals surface area (Å²) in [7, 11) is -2.28. The lowest BCUT2D eigenvalue weighted by Crippen LogP contribution is -2.27. The number of anilines is 2. The van der Waals surface area contributed by atoms with Crippen molar-refractivity contribution >= 4 is 37.8 Å². The molecule has 0 aliphatic rings. The smallest absolute Gasteiger partial charge is 0.344 e. The predicted octanol–water partition coefficient (Wildman–Crippen LogP) is 7.84. The number of hydrogen-bond acceptors (Lipinski definition) is 8. The van der Waals surface area contributed by atoms with Crippen molar-refractivity contribution in [2.45, 2.75) is 46.0 Å². The average Bonchev–Trinajstić information content (AvgIpc) is 3.04. The number of esters is 1. The average molecular weight is 727 g/mol. The Hall–Kier alpha value is -4.34. The van der Waals surface area contributed by atoms with E-state index in [1.165, 1.54) is 24.3 Å². The van der Waals surface area contributed by atoms with Crippen molar-refractivity contribution in [2.24, 2.45) is 0 Å². The van der Waals surface area contributed by atoms with Crippen molar-refractivity contribution in [1.82, 2.24) is 0 Å². The van der Waals surface area contributed by atoms with Crippen molar-refractivity contribution in [3.63, 3.8) is 0 Å². The Labute approximate surface area is 283 Å². The van der Waals surface area contributed by atoms with Gasteiger partial charge < -0.3 is 19.3 Å². The Morgan fingerprint density at radius 3 is 1.37 bits per heavy atom. The van der Waals surface area contributed by atoms with Gasteiger partial charge in [-0.3, -0.25) is 0 Å². The van der Waals surface area contributed by atoms with Crippen LogP contribution in [0.1, 0.15) is 20.8 Å². The lowest BCUT2D eigenvalue weighted by Gasteiger charge is -2.39. The van der Waals surface area contributed by atoms with Gasteiger partial charge in [-0.05, 0) is 104 Å². The second-order valence-corrected chi connectivity index (χ2v) is 16.5. The van der Waals surface area contributed by atoms with Crippen LogP contribution in [0.4, 0.5) is 33.3 Å². The summed E-state index contributed by atoms with van der Waals surface area (Å²) >= 11 is 0. The van der Waals surface area contributed by atoms with E-state index in [1.807, 2.05) is 0 Å². The highest BCUT2D eigenvalue weighted by molar-refractivity contribution is 8.33. The van der Waals surface area contributed by atoms with Gasteiger partial charge in [-0.2, -0.15) is 8.42 Å². The molecule has 0 radical (unpaired) electrons. The molecule has 49 heavy (non-hydrogen) atoms. The van der Waals surface area contributed by atoms with E-state index in [-0.39, 0.29) is 20.4 Å². The van der Waals surface area contributed by atoms with Crippen molar-refractivity contribution in [2.75, 3.05) is 44.6 Å². The Morgan fingerprint density at radius 1 is 0.633 bits per heavy atom. The molecule has 0 aliphatic carbocycles. The molecule has 0 aliphatic heterocycles. The minimum absolute atomic E-state index is 0.139. The molecule has 0 bridgehead atoms. The molecular formula is C34H35F5N2O6S2. The van der Waals surface area contributed by atoms with Gasteiger partial charge in [-0.25, -0.2) is 30.4 Å². The molecule has 0 heterocycles. The minimum Gasteiger partial charge on any atom is -0.482 e. The Kier molecular flexibility index (Phi) is 10.9. The number of halogens is 5. The number of carbonyl (C=O) groups excluding carboxylic acids is 1. The molecule has 0 spiro atoms. The molecule has 0 saturated heterocycles. The summed E-state index contributed by atoms with van der Waals surface area (Å²) in [6.07, 6.45) is 0. The van der Waals surface area contributed by atoms with E-state index in [0.717, 1.165) is 0 Å². The molecule has 0 aromatic heterocycles. The third-order valence-electron chi connectivity index (χ3n) is 6.91. The van der Waals surface area contributed by atoms with Gasteiger partial charge in [-0.15, -0.1) is 0 Å². The van der Waals surface area contributed by atoms with Gasteiger partial charge in [0.2, 0.25) is 5.82 Å². The summed E-state index contributed by atoms with van der Waals surface area (Å²) in [6.45, 7) is 4.63. The number of rotatable bonds is 11. The van der Waals surface area contributed by atoms with E-state index < -0.39 is 72.6 Å². The summed E-state index contributed by atoms with van der Waals surface area (Å²) in [5.41, 5.74) is 0.650. The third-order valence-corrected chi connectivity index (χ3v) is 12.1. The summed E-state index contributed by atoms with van der Waals surface area (Å²) in [5, 5.41) is 0. The first-order chi connectivity index (χ1) is 22.8. The molecule has 0 unspecified atom stereocenters. The van der Waals surface area contributed by atoms with E-state index in [0.29, 0.717) is 11.4 Å². The van der Waals surface area contributed by atoms with Gasteiger partial charge in [-0.1, -0.05) is 0 Å². The summed E-state index contributed by atoms with van der Waals surface area (Å²) in [4.78, 5) is 14.2. The van der Waals surface area contributed by atoms with Crippen LogP contribution in [0.5, 0.6) is 5.75 Å². The van der Waals surface area contributed by atoms with Crippen molar-refractivity contribution in [3.8, 4) is 5.75 Å². The second kappa shape index (κ2) is 14.3. The Bertz CT molecular complexity index is 1850. The van der Waals surface area contributed by atoms with Crippen LogP contribution < -0.4 is 14.5 Å². The van der Waals surface area contributed by atoms with E-state index in [1.54, 1.807) is 107 Å². The molecule has 4 aromatic carbocycles. The zero-order valence-corrected chi connectivity index (χ0v) is 29.3. The summed E-state index contributed by atoms with van der Waals surface area (Å²) < 4.78 is 117. The van der Waals surface area contributed by atoms with Crippen LogP contribution in [0.2, 0.25) is 0 Å². The molecule has 0 fully saturated rings. The van der Waals surface area contributed by atoms with Crippen LogP contribution in [0, 0.1) is 29.1 Å². The van der Waals surface area contributed by atoms with E-state index >= 15 is 8.78 Å². The van der Waals surface area contributed by atoms with Crippen LogP contribution >= 0.6 is 10.3 Å². The van der Waals surface area contributed by atoms with Gasteiger partial charge in [0.15, 0.2) is 34.8 Å². The quantitative estimate of drug-likeness (QED) is 0.0670. The second-order valence-electron chi connectivity index (χ2n) is 12.1. The standard InChI is InChI=1S/C34H35F5N2O6S2/c1-34(2,3)46-27(42)20-45-23-12-18-26(19-13-23)48(24-14-8-21(9-15-24)40(4)5,25-16-10-22(11-17-25)41(6)7)47-49(43,44)33-31(38)29(36)28(35)30(37)32(33)39/h8-19H,20H2,1-7H3. The molecule has 264 valence electrons. The highest BCUT2D eigenvalue weighted by atomic mass is 32.3. The van der Waals surface area contributed by atoms with E-state index in [4.69, 9.17) is 13.1 Å². The lowest BCUT2D eigenvalue weighted by molar-refractivity contribution is -0.157. The molecular weight excluding hydrogens is 692 g/mol. The number of benzene rings is 4. The van der Waals surface area contributed by atoms with E-state index in [2.05, 4.69) is 0 Å². The zero-order valence-electron chi connectivity index (χ0n) is 27.7. The topological polar surface area (TPSA) is 85.4 Å². The van der Waals surface area contributed by atoms with Gasteiger partial charge in [0.05, 0.1) is 0 Å².